The third-order valence-corrected chi connectivity index (χ3v) is 5.20. The number of ketones is 1. The number of para-hydroxylation sites is 1. The Hall–Kier alpha value is -3.18. The van der Waals surface area contributed by atoms with E-state index in [1.807, 2.05) is 13.8 Å². The highest BCUT2D eigenvalue weighted by atomic mass is 16.6. The van der Waals surface area contributed by atoms with E-state index in [4.69, 9.17) is 5.73 Å². The summed E-state index contributed by atoms with van der Waals surface area (Å²) in [5.74, 6) is -0.761. The van der Waals surface area contributed by atoms with Gasteiger partial charge in [-0.25, -0.2) is 5.01 Å². The van der Waals surface area contributed by atoms with Gasteiger partial charge in [-0.05, 0) is 11.8 Å². The minimum absolute atomic E-state index is 0.110. The van der Waals surface area contributed by atoms with Crippen LogP contribution in [0, 0.1) is 26.9 Å². The van der Waals surface area contributed by atoms with E-state index in [0.29, 0.717) is 29.7 Å². The average Bonchev–Trinajstić information content (AvgIpc) is 2.59. The first-order valence-corrected chi connectivity index (χ1v) is 8.95. The maximum absolute atomic E-state index is 13.2. The molecule has 0 bridgehead atoms. The lowest BCUT2D eigenvalue weighted by atomic mass is 9.68. The molecule has 8 nitrogen and oxygen atoms in total. The summed E-state index contributed by atoms with van der Waals surface area (Å²) >= 11 is 0. The Morgan fingerprint density at radius 2 is 1.96 bits per heavy atom. The van der Waals surface area contributed by atoms with Crippen LogP contribution in [-0.4, -0.2) is 34.8 Å². The summed E-state index contributed by atoms with van der Waals surface area (Å²) in [7, 11) is 3.56. The highest BCUT2D eigenvalue weighted by molar-refractivity contribution is 6.00. The highest BCUT2D eigenvalue weighted by Gasteiger charge is 2.46. The monoisotopic (exact) mass is 381 g/mol. The zero-order valence-corrected chi connectivity index (χ0v) is 16.4. The smallest absolute Gasteiger partial charge is 0.273 e. The molecule has 1 aliphatic carbocycles. The van der Waals surface area contributed by atoms with Crippen molar-refractivity contribution >= 4 is 11.5 Å². The molecule has 1 aliphatic heterocycles. The van der Waals surface area contributed by atoms with Gasteiger partial charge in [-0.1, -0.05) is 32.0 Å². The fraction of sp³-hybridized carbons (Fsp3) is 0.400. The van der Waals surface area contributed by atoms with Crippen molar-refractivity contribution < 1.29 is 9.72 Å². The van der Waals surface area contributed by atoms with Crippen LogP contribution in [0.2, 0.25) is 0 Å². The van der Waals surface area contributed by atoms with Crippen molar-refractivity contribution in [2.75, 3.05) is 14.1 Å². The van der Waals surface area contributed by atoms with Crippen molar-refractivity contribution in [1.29, 1.82) is 5.26 Å². The van der Waals surface area contributed by atoms with E-state index in [9.17, 15) is 20.2 Å². The number of nitro groups is 1. The Bertz CT molecular complexity index is 968. The number of rotatable bonds is 3. The van der Waals surface area contributed by atoms with Gasteiger partial charge in [0, 0.05) is 43.4 Å². The van der Waals surface area contributed by atoms with E-state index in [1.165, 1.54) is 6.07 Å². The predicted octanol–water partition coefficient (Wildman–Crippen LogP) is 2.81. The minimum atomic E-state index is -0.846. The zero-order chi connectivity index (χ0) is 20.8. The molecular formula is C20H23N5O3. The van der Waals surface area contributed by atoms with Crippen LogP contribution >= 0.6 is 0 Å². The minimum Gasteiger partial charge on any atom is -0.383 e. The first-order chi connectivity index (χ1) is 13.1. The molecule has 0 spiro atoms. The van der Waals surface area contributed by atoms with Gasteiger partial charge in [-0.3, -0.25) is 19.9 Å². The first-order valence-electron chi connectivity index (χ1n) is 8.95. The Morgan fingerprint density at radius 1 is 1.32 bits per heavy atom. The van der Waals surface area contributed by atoms with Crippen LogP contribution < -0.4 is 5.73 Å². The molecular weight excluding hydrogens is 358 g/mol. The normalized spacial score (nSPS) is 21.6. The summed E-state index contributed by atoms with van der Waals surface area (Å²) < 4.78 is 0. The molecule has 0 amide bonds. The zero-order valence-electron chi connectivity index (χ0n) is 16.4. The lowest BCUT2D eigenvalue weighted by molar-refractivity contribution is -0.385. The topological polar surface area (TPSA) is 116 Å². The maximum atomic E-state index is 13.2. The van der Waals surface area contributed by atoms with Crippen molar-refractivity contribution in [3.8, 4) is 6.07 Å². The van der Waals surface area contributed by atoms with Gasteiger partial charge < -0.3 is 5.73 Å². The van der Waals surface area contributed by atoms with Gasteiger partial charge in [-0.2, -0.15) is 5.26 Å². The highest BCUT2D eigenvalue weighted by Crippen LogP contribution is 2.50. The number of hydrogen-bond donors (Lipinski definition) is 1. The van der Waals surface area contributed by atoms with E-state index in [1.54, 1.807) is 42.3 Å². The molecule has 146 valence electrons. The standard InChI is InChI=1S/C20H23N5O3/c1-20(2)9-15-18(16(26)10-20)17(12-7-5-6-8-14(12)25(27)28)13(11-21)19(22)24(15)23(3)4/h5-8,17H,9-10,22H2,1-4H3. The largest absolute Gasteiger partial charge is 0.383 e. The number of nitrogens with zero attached hydrogens (tertiary/aromatic N) is 4. The molecule has 8 heteroatoms. The van der Waals surface area contributed by atoms with Gasteiger partial charge in [0.15, 0.2) is 5.78 Å². The summed E-state index contributed by atoms with van der Waals surface area (Å²) in [5, 5.41) is 24.9. The summed E-state index contributed by atoms with van der Waals surface area (Å²) in [5.41, 5.74) is 7.53. The second-order valence-electron chi connectivity index (χ2n) is 8.12. The van der Waals surface area contributed by atoms with Gasteiger partial charge in [-0.15, -0.1) is 0 Å². The van der Waals surface area contributed by atoms with Gasteiger partial charge in [0.05, 0.1) is 22.5 Å². The summed E-state index contributed by atoms with van der Waals surface area (Å²) in [6, 6.07) is 8.32. The van der Waals surface area contributed by atoms with E-state index >= 15 is 0 Å². The third kappa shape index (κ3) is 3.04. The van der Waals surface area contributed by atoms with E-state index in [-0.39, 0.29) is 28.3 Å². The summed E-state index contributed by atoms with van der Waals surface area (Å²) in [6.45, 7) is 4.00. The molecule has 28 heavy (non-hydrogen) atoms. The molecule has 0 fully saturated rings. The molecule has 1 aromatic rings. The van der Waals surface area contributed by atoms with Crippen LogP contribution in [0.3, 0.4) is 0 Å². The fourth-order valence-electron chi connectivity index (χ4n) is 4.16. The van der Waals surface area contributed by atoms with Gasteiger partial charge in [0.25, 0.3) is 5.69 Å². The van der Waals surface area contributed by atoms with E-state index in [2.05, 4.69) is 6.07 Å². The molecule has 3 rings (SSSR count). The lowest BCUT2D eigenvalue weighted by Gasteiger charge is -2.45. The van der Waals surface area contributed by atoms with Crippen LogP contribution in [-0.2, 0) is 4.79 Å². The number of allylic oxidation sites excluding steroid dienone is 3. The Morgan fingerprint density at radius 3 is 2.54 bits per heavy atom. The lowest BCUT2D eigenvalue weighted by Crippen LogP contribution is -2.47. The molecule has 2 aliphatic rings. The number of carbonyl (C=O) groups is 1. The fourth-order valence-corrected chi connectivity index (χ4v) is 4.16. The number of Topliss-reactive ketones (excluding diaryl/α,β-unsaturated/α-hetero) is 1. The quantitative estimate of drug-likeness (QED) is 0.632. The van der Waals surface area contributed by atoms with Gasteiger partial charge in [0.2, 0.25) is 0 Å². The number of hydrazine groups is 1. The Kier molecular flexibility index (Phi) is 4.73. The number of nitrogens with two attached hydrogens (primary N) is 1. The van der Waals surface area contributed by atoms with E-state index in [0.717, 1.165) is 0 Å². The van der Waals surface area contributed by atoms with E-state index < -0.39 is 10.8 Å². The number of benzene rings is 1. The van der Waals surface area contributed by atoms with Gasteiger partial charge >= 0.3 is 0 Å². The second kappa shape index (κ2) is 6.77. The van der Waals surface area contributed by atoms with Crippen LogP contribution in [0.25, 0.3) is 0 Å². The van der Waals surface area contributed by atoms with Crippen molar-refractivity contribution in [3.63, 3.8) is 0 Å². The number of nitriles is 1. The Labute approximate surface area is 163 Å². The van der Waals surface area contributed by atoms with Crippen molar-refractivity contribution in [2.24, 2.45) is 11.1 Å². The molecule has 0 saturated heterocycles. The summed E-state index contributed by atoms with van der Waals surface area (Å²) in [4.78, 5) is 24.3. The molecule has 1 atom stereocenters. The third-order valence-electron chi connectivity index (χ3n) is 5.20. The first kappa shape index (κ1) is 19.6. The van der Waals surface area contributed by atoms with Crippen LogP contribution in [0.5, 0.6) is 0 Å². The van der Waals surface area contributed by atoms with Crippen LogP contribution in [0.15, 0.2) is 46.9 Å². The van der Waals surface area contributed by atoms with Crippen molar-refractivity contribution in [1.82, 2.24) is 10.0 Å². The summed E-state index contributed by atoms with van der Waals surface area (Å²) in [6.07, 6.45) is 0.881. The molecule has 1 unspecified atom stereocenters. The molecule has 0 aromatic heterocycles. The number of nitro benzene ring substituents is 1. The molecule has 1 aromatic carbocycles. The maximum Gasteiger partial charge on any atom is 0.273 e. The van der Waals surface area contributed by atoms with Crippen molar-refractivity contribution in [2.45, 2.75) is 32.6 Å². The van der Waals surface area contributed by atoms with Crippen molar-refractivity contribution in [3.05, 3.63) is 62.6 Å². The molecule has 2 N–H and O–H groups in total. The van der Waals surface area contributed by atoms with Crippen LogP contribution in [0.1, 0.15) is 38.2 Å². The molecule has 0 radical (unpaired) electrons. The average molecular weight is 381 g/mol. The molecule has 1 heterocycles. The second-order valence-corrected chi connectivity index (χ2v) is 8.12. The van der Waals surface area contributed by atoms with Crippen LogP contribution in [0.4, 0.5) is 5.69 Å². The predicted molar refractivity (Wildman–Crippen MR) is 103 cm³/mol. The SMILES string of the molecule is CN(C)N1C(N)=C(C#N)C(c2ccccc2[N+](=O)[O-])C2=C1CC(C)(C)CC2=O. The molecule has 0 saturated carbocycles. The number of hydrogen-bond acceptors (Lipinski definition) is 7. The van der Waals surface area contributed by atoms with Gasteiger partial charge in [0.1, 0.15) is 5.82 Å². The Balaban J connectivity index is 2.35. The number of carbonyl (C=O) groups excluding carboxylic acids is 1.